The van der Waals surface area contributed by atoms with Crippen LogP contribution < -0.4 is 0 Å². The van der Waals surface area contributed by atoms with Gasteiger partial charge in [-0.3, -0.25) is 0 Å². The van der Waals surface area contributed by atoms with E-state index in [2.05, 4.69) is 41.5 Å². The molecule has 0 saturated heterocycles. The number of hydrogen-bond donors (Lipinski definition) is 0. The Labute approximate surface area is 140 Å². The third-order valence-electron chi connectivity index (χ3n) is 3.84. The van der Waals surface area contributed by atoms with Gasteiger partial charge >= 0.3 is 0 Å². The standard InChI is InChI=1S/C10H13BClOS.C7H16/c1-6(2)10(11-7(3)13)8-4-5-9(12)14-8;1-5-7(4)6(2)3/h4-6,10H,1-3H3;6-7H,5H2,1-4H3. The van der Waals surface area contributed by atoms with E-state index >= 15 is 0 Å². The van der Waals surface area contributed by atoms with Crippen LogP contribution in [-0.2, 0) is 4.79 Å². The molecule has 1 radical (unpaired) electrons. The Morgan fingerprint density at radius 1 is 1.19 bits per heavy atom. The fraction of sp³-hybridized carbons (Fsp3) is 0.706. The Morgan fingerprint density at radius 3 is 2.00 bits per heavy atom. The van der Waals surface area contributed by atoms with Crippen LogP contribution in [0.5, 0.6) is 0 Å². The van der Waals surface area contributed by atoms with Crippen molar-refractivity contribution in [2.75, 3.05) is 0 Å². The number of thiophene rings is 1. The summed E-state index contributed by atoms with van der Waals surface area (Å²) in [5, 5.41) is 0. The van der Waals surface area contributed by atoms with E-state index < -0.39 is 0 Å². The quantitative estimate of drug-likeness (QED) is 0.582. The molecule has 0 saturated carbocycles. The molecule has 1 aromatic rings. The van der Waals surface area contributed by atoms with Crippen molar-refractivity contribution in [3.8, 4) is 0 Å². The Morgan fingerprint density at radius 2 is 1.76 bits per heavy atom. The molecule has 1 rings (SSSR count). The van der Waals surface area contributed by atoms with E-state index in [1.54, 1.807) is 25.5 Å². The number of rotatable bonds is 6. The second-order valence-electron chi connectivity index (χ2n) is 6.32. The van der Waals surface area contributed by atoms with Crippen molar-refractivity contribution >= 4 is 35.9 Å². The van der Waals surface area contributed by atoms with Crippen molar-refractivity contribution in [2.24, 2.45) is 17.8 Å². The van der Waals surface area contributed by atoms with Crippen LogP contribution in [0.4, 0.5) is 0 Å². The molecule has 0 N–H and O–H groups in total. The maximum absolute atomic E-state index is 11.1. The fourth-order valence-corrected chi connectivity index (χ4v) is 3.14. The molecule has 0 bridgehead atoms. The minimum absolute atomic E-state index is 0.119. The number of hydrogen-bond acceptors (Lipinski definition) is 2. The van der Waals surface area contributed by atoms with Crippen LogP contribution in [0.3, 0.4) is 0 Å². The summed E-state index contributed by atoms with van der Waals surface area (Å²) in [7, 11) is 1.77. The monoisotopic (exact) mass is 327 g/mol. The maximum atomic E-state index is 11.1. The lowest BCUT2D eigenvalue weighted by molar-refractivity contribution is -0.110. The summed E-state index contributed by atoms with van der Waals surface area (Å²) in [6.07, 6.45) is 1.32. The second kappa shape index (κ2) is 10.5. The smallest absolute Gasteiger partial charge is 0.211 e. The minimum Gasteiger partial charge on any atom is -0.312 e. The number of carbonyl (C=O) groups excluding carboxylic acids is 1. The van der Waals surface area contributed by atoms with E-state index in [0.717, 1.165) is 16.2 Å². The topological polar surface area (TPSA) is 17.1 Å². The molecule has 0 aliphatic rings. The zero-order valence-corrected chi connectivity index (χ0v) is 16.0. The lowest BCUT2D eigenvalue weighted by Crippen LogP contribution is -2.19. The molecule has 1 heterocycles. The summed E-state index contributed by atoms with van der Waals surface area (Å²) in [5.74, 6) is 2.39. The van der Waals surface area contributed by atoms with Gasteiger partial charge in [0.2, 0.25) is 7.28 Å². The van der Waals surface area contributed by atoms with Crippen molar-refractivity contribution in [3.05, 3.63) is 21.3 Å². The zero-order chi connectivity index (χ0) is 16.6. The zero-order valence-electron chi connectivity index (χ0n) is 14.4. The first-order chi connectivity index (χ1) is 9.68. The maximum Gasteiger partial charge on any atom is 0.211 e. The minimum atomic E-state index is 0.119. The van der Waals surface area contributed by atoms with E-state index in [1.165, 1.54) is 11.3 Å². The van der Waals surface area contributed by atoms with Crippen LogP contribution in [0.1, 0.15) is 65.6 Å². The molecule has 0 aliphatic heterocycles. The summed E-state index contributed by atoms with van der Waals surface area (Å²) >= 11 is 7.41. The van der Waals surface area contributed by atoms with Gasteiger partial charge < -0.3 is 4.79 Å². The van der Waals surface area contributed by atoms with Gasteiger partial charge in [-0.05, 0) is 42.6 Å². The second-order valence-corrected chi connectivity index (χ2v) is 8.07. The van der Waals surface area contributed by atoms with Crippen LogP contribution >= 0.6 is 22.9 Å². The molecule has 21 heavy (non-hydrogen) atoms. The van der Waals surface area contributed by atoms with Crippen LogP contribution in [0, 0.1) is 17.8 Å². The molecule has 0 aromatic carbocycles. The molecule has 1 aromatic heterocycles. The lowest BCUT2D eigenvalue weighted by atomic mass is 9.57. The van der Waals surface area contributed by atoms with Gasteiger partial charge in [0, 0.05) is 4.88 Å². The summed E-state index contributed by atoms with van der Waals surface area (Å²) in [6.45, 7) is 14.9. The highest BCUT2D eigenvalue weighted by molar-refractivity contribution is 7.16. The van der Waals surface area contributed by atoms with Gasteiger partial charge in [-0.2, -0.15) is 0 Å². The Bertz CT molecular complexity index is 415. The van der Waals surface area contributed by atoms with Gasteiger partial charge in [0.15, 0.2) is 0 Å². The van der Waals surface area contributed by atoms with Crippen molar-refractivity contribution in [1.82, 2.24) is 0 Å². The van der Waals surface area contributed by atoms with Crippen molar-refractivity contribution in [3.63, 3.8) is 0 Å². The van der Waals surface area contributed by atoms with Crippen molar-refractivity contribution < 1.29 is 4.79 Å². The molecule has 0 spiro atoms. The largest absolute Gasteiger partial charge is 0.312 e. The van der Waals surface area contributed by atoms with Gasteiger partial charge in [0.05, 0.1) is 10.0 Å². The van der Waals surface area contributed by atoms with Crippen LogP contribution in [0.15, 0.2) is 12.1 Å². The molecular weight excluding hydrogens is 299 g/mol. The fourth-order valence-electron chi connectivity index (χ4n) is 1.83. The highest BCUT2D eigenvalue weighted by atomic mass is 35.5. The molecule has 1 nitrogen and oxygen atoms in total. The van der Waals surface area contributed by atoms with Crippen molar-refractivity contribution in [1.29, 1.82) is 0 Å². The highest BCUT2D eigenvalue weighted by Crippen LogP contribution is 2.31. The molecule has 0 fully saturated rings. The summed E-state index contributed by atoms with van der Waals surface area (Å²) < 4.78 is 0.780. The molecule has 2 atom stereocenters. The summed E-state index contributed by atoms with van der Waals surface area (Å²) in [6, 6.07) is 3.88. The average Bonchev–Trinajstić information content (AvgIpc) is 2.81. The van der Waals surface area contributed by atoms with Crippen molar-refractivity contribution in [2.45, 2.75) is 60.7 Å². The molecule has 0 amide bonds. The van der Waals surface area contributed by atoms with E-state index in [-0.39, 0.29) is 11.5 Å². The van der Waals surface area contributed by atoms with Crippen LogP contribution in [-0.4, -0.2) is 13.0 Å². The Balaban J connectivity index is 0.000000486. The average molecular weight is 328 g/mol. The SMILES string of the molecule is CC(=O)[B]C(c1ccc(Cl)s1)C(C)C.CCC(C)C(C)C. The summed E-state index contributed by atoms with van der Waals surface area (Å²) in [4.78, 5) is 12.2. The molecular formula is C17H29BClOS. The van der Waals surface area contributed by atoms with Gasteiger partial charge in [-0.25, -0.2) is 0 Å². The summed E-state index contributed by atoms with van der Waals surface area (Å²) in [5.41, 5.74) is 0.119. The number of halogens is 1. The predicted octanol–water partition coefficient (Wildman–Crippen LogP) is 6.04. The van der Waals surface area contributed by atoms with E-state index in [1.807, 2.05) is 12.1 Å². The van der Waals surface area contributed by atoms with Gasteiger partial charge in [0.25, 0.3) is 0 Å². The molecule has 4 heteroatoms. The molecule has 119 valence electrons. The third kappa shape index (κ3) is 8.68. The van der Waals surface area contributed by atoms with Gasteiger partial charge in [-0.15, -0.1) is 11.3 Å². The normalized spacial score (nSPS) is 13.6. The number of carbonyl (C=O) groups is 1. The Kier molecular flexibility index (Phi) is 10.3. The first-order valence-corrected chi connectivity index (χ1v) is 8.99. The van der Waals surface area contributed by atoms with E-state index in [0.29, 0.717) is 5.92 Å². The van der Waals surface area contributed by atoms with Gasteiger partial charge in [-0.1, -0.05) is 59.6 Å². The first kappa shape index (κ1) is 20.7. The van der Waals surface area contributed by atoms with Crippen LogP contribution in [0.2, 0.25) is 4.34 Å². The van der Waals surface area contributed by atoms with E-state index in [4.69, 9.17) is 11.6 Å². The van der Waals surface area contributed by atoms with Gasteiger partial charge in [0.1, 0.15) is 0 Å². The highest BCUT2D eigenvalue weighted by Gasteiger charge is 2.20. The molecule has 0 aliphatic carbocycles. The van der Waals surface area contributed by atoms with Crippen LogP contribution in [0.25, 0.3) is 0 Å². The lowest BCUT2D eigenvalue weighted by Gasteiger charge is -2.16. The predicted molar refractivity (Wildman–Crippen MR) is 97.6 cm³/mol. The Hall–Kier alpha value is -0.275. The third-order valence-corrected chi connectivity index (χ3v) is 5.17. The van der Waals surface area contributed by atoms with E-state index in [9.17, 15) is 4.79 Å². The first-order valence-electron chi connectivity index (χ1n) is 7.79. The molecule has 2 unspecified atom stereocenters.